The molecule has 0 aliphatic carbocycles. The van der Waals surface area contributed by atoms with Gasteiger partial charge in [0, 0.05) is 12.2 Å². The molecule has 0 bridgehead atoms. The molecule has 5 nitrogen and oxygen atoms in total. The molecule has 1 aromatic rings. The predicted octanol–water partition coefficient (Wildman–Crippen LogP) is 1.26. The molecule has 0 heterocycles. The van der Waals surface area contributed by atoms with Gasteiger partial charge in [-0.05, 0) is 25.2 Å². The fraction of sp³-hybridized carbons (Fsp3) is 0.385. The summed E-state index contributed by atoms with van der Waals surface area (Å²) in [5.74, 6) is -0.993. The number of hydrogen-bond donors (Lipinski definition) is 1. The van der Waals surface area contributed by atoms with Gasteiger partial charge in [0.1, 0.15) is 5.82 Å². The zero-order chi connectivity index (χ0) is 14.3. The lowest BCUT2D eigenvalue weighted by atomic mass is 10.3. The van der Waals surface area contributed by atoms with Gasteiger partial charge < -0.3 is 10.1 Å². The monoisotopic (exact) mass is 268 g/mol. The van der Waals surface area contributed by atoms with E-state index in [1.807, 2.05) is 0 Å². The summed E-state index contributed by atoms with van der Waals surface area (Å²) >= 11 is 0. The van der Waals surface area contributed by atoms with Crippen LogP contribution in [0.15, 0.2) is 24.3 Å². The minimum absolute atomic E-state index is 0.119. The third-order valence-corrected chi connectivity index (χ3v) is 2.45. The number of ether oxygens (including phenoxy) is 1. The maximum Gasteiger partial charge on any atom is 0.306 e. The van der Waals surface area contributed by atoms with Crippen molar-refractivity contribution in [2.24, 2.45) is 0 Å². The molecule has 1 rings (SSSR count). The van der Waals surface area contributed by atoms with Crippen LogP contribution in [-0.4, -0.2) is 44.0 Å². The van der Waals surface area contributed by atoms with Crippen LogP contribution in [0.5, 0.6) is 0 Å². The molecule has 0 unspecified atom stereocenters. The number of likely N-dealkylation sites (N-methyl/N-ethyl adjacent to an activating group) is 1. The van der Waals surface area contributed by atoms with Crippen LogP contribution in [-0.2, 0) is 14.3 Å². The first-order chi connectivity index (χ1) is 9.01. The Bertz CT molecular complexity index is 451. The lowest BCUT2D eigenvalue weighted by Gasteiger charge is -2.15. The van der Waals surface area contributed by atoms with Crippen LogP contribution in [0.25, 0.3) is 0 Å². The molecule has 0 aliphatic rings. The van der Waals surface area contributed by atoms with Gasteiger partial charge in [0.15, 0.2) is 0 Å². The van der Waals surface area contributed by atoms with E-state index in [2.05, 4.69) is 10.1 Å². The Balaban J connectivity index is 2.36. The molecule has 19 heavy (non-hydrogen) atoms. The van der Waals surface area contributed by atoms with E-state index in [9.17, 15) is 14.0 Å². The third-order valence-electron chi connectivity index (χ3n) is 2.45. The van der Waals surface area contributed by atoms with Crippen molar-refractivity contribution >= 4 is 17.6 Å². The quantitative estimate of drug-likeness (QED) is 0.789. The van der Waals surface area contributed by atoms with E-state index in [1.165, 1.54) is 25.3 Å². The highest BCUT2D eigenvalue weighted by Crippen LogP contribution is 2.08. The predicted molar refractivity (Wildman–Crippen MR) is 69.2 cm³/mol. The normalized spacial score (nSPS) is 10.3. The molecule has 0 radical (unpaired) electrons. The maximum atomic E-state index is 12.9. The van der Waals surface area contributed by atoms with Crippen molar-refractivity contribution < 1.29 is 18.7 Å². The fourth-order valence-corrected chi connectivity index (χ4v) is 1.48. The van der Waals surface area contributed by atoms with Gasteiger partial charge in [-0.1, -0.05) is 6.07 Å². The fourth-order valence-electron chi connectivity index (χ4n) is 1.48. The molecule has 1 N–H and O–H groups in total. The SMILES string of the molecule is COC(=O)CCN(C)CC(=O)Nc1cccc(F)c1. The zero-order valence-corrected chi connectivity index (χ0v) is 11.0. The number of benzene rings is 1. The number of amides is 1. The van der Waals surface area contributed by atoms with E-state index in [4.69, 9.17) is 0 Å². The number of carbonyl (C=O) groups excluding carboxylic acids is 2. The van der Waals surface area contributed by atoms with Crippen molar-refractivity contribution in [1.29, 1.82) is 0 Å². The largest absolute Gasteiger partial charge is 0.469 e. The molecule has 0 spiro atoms. The molecule has 0 fully saturated rings. The lowest BCUT2D eigenvalue weighted by molar-refractivity contribution is -0.141. The molecule has 0 saturated heterocycles. The summed E-state index contributed by atoms with van der Waals surface area (Å²) in [5, 5.41) is 2.58. The molecule has 0 saturated carbocycles. The van der Waals surface area contributed by atoms with Crippen molar-refractivity contribution in [1.82, 2.24) is 4.90 Å². The first kappa shape index (κ1) is 15.1. The maximum absolute atomic E-state index is 12.9. The van der Waals surface area contributed by atoms with Crippen molar-refractivity contribution in [3.63, 3.8) is 0 Å². The van der Waals surface area contributed by atoms with Gasteiger partial charge in [-0.2, -0.15) is 0 Å². The highest BCUT2D eigenvalue weighted by atomic mass is 19.1. The second kappa shape index (κ2) is 7.48. The molecule has 1 amide bonds. The van der Waals surface area contributed by atoms with Crippen LogP contribution in [0.1, 0.15) is 6.42 Å². The molecule has 0 aromatic heterocycles. The van der Waals surface area contributed by atoms with Crippen molar-refractivity contribution in [2.45, 2.75) is 6.42 Å². The minimum atomic E-state index is -0.406. The summed E-state index contributed by atoms with van der Waals surface area (Å²) in [4.78, 5) is 24.3. The standard InChI is InChI=1S/C13H17FN2O3/c1-16(7-6-13(18)19-2)9-12(17)15-11-5-3-4-10(14)8-11/h3-5,8H,6-7,9H2,1-2H3,(H,15,17). The molecule has 6 heteroatoms. The molecule has 0 atom stereocenters. The van der Waals surface area contributed by atoms with E-state index in [0.717, 1.165) is 0 Å². The Hall–Kier alpha value is -1.95. The average Bonchev–Trinajstić information content (AvgIpc) is 2.35. The van der Waals surface area contributed by atoms with Crippen molar-refractivity contribution in [3.05, 3.63) is 30.1 Å². The number of esters is 1. The molecule has 0 aliphatic heterocycles. The van der Waals surface area contributed by atoms with Gasteiger partial charge >= 0.3 is 5.97 Å². The first-order valence-electron chi connectivity index (χ1n) is 5.82. The Labute approximate surface area is 111 Å². The lowest BCUT2D eigenvalue weighted by Crippen LogP contribution is -2.31. The third kappa shape index (κ3) is 5.96. The second-order valence-corrected chi connectivity index (χ2v) is 4.12. The second-order valence-electron chi connectivity index (χ2n) is 4.12. The van der Waals surface area contributed by atoms with Crippen LogP contribution in [0, 0.1) is 5.82 Å². The topological polar surface area (TPSA) is 58.6 Å². The van der Waals surface area contributed by atoms with Gasteiger partial charge in [0.2, 0.25) is 5.91 Å². The zero-order valence-electron chi connectivity index (χ0n) is 11.0. The Morgan fingerprint density at radius 1 is 1.42 bits per heavy atom. The Morgan fingerprint density at radius 2 is 2.16 bits per heavy atom. The van der Waals surface area contributed by atoms with Crippen LogP contribution in [0.2, 0.25) is 0 Å². The summed E-state index contributed by atoms with van der Waals surface area (Å²) in [7, 11) is 3.03. The summed E-state index contributed by atoms with van der Waals surface area (Å²) in [6.07, 6.45) is 0.222. The number of halogens is 1. The average molecular weight is 268 g/mol. The van der Waals surface area contributed by atoms with Crippen LogP contribution >= 0.6 is 0 Å². The van der Waals surface area contributed by atoms with Crippen LogP contribution in [0.4, 0.5) is 10.1 Å². The molecular weight excluding hydrogens is 251 g/mol. The van der Waals surface area contributed by atoms with Gasteiger partial charge in [-0.15, -0.1) is 0 Å². The van der Waals surface area contributed by atoms with E-state index < -0.39 is 5.82 Å². The van der Waals surface area contributed by atoms with Gasteiger partial charge in [0.05, 0.1) is 20.1 Å². The molecule has 1 aromatic carbocycles. The van der Waals surface area contributed by atoms with Crippen molar-refractivity contribution in [3.8, 4) is 0 Å². The van der Waals surface area contributed by atoms with E-state index >= 15 is 0 Å². The number of hydrogen-bond acceptors (Lipinski definition) is 4. The van der Waals surface area contributed by atoms with E-state index in [-0.39, 0.29) is 24.8 Å². The van der Waals surface area contributed by atoms with Gasteiger partial charge in [-0.25, -0.2) is 4.39 Å². The molecule has 104 valence electrons. The highest BCUT2D eigenvalue weighted by molar-refractivity contribution is 5.92. The first-order valence-corrected chi connectivity index (χ1v) is 5.82. The van der Waals surface area contributed by atoms with Crippen LogP contribution < -0.4 is 5.32 Å². The number of methoxy groups -OCH3 is 1. The number of rotatable bonds is 6. The summed E-state index contributed by atoms with van der Waals surface area (Å²) < 4.78 is 17.4. The number of nitrogens with one attached hydrogen (secondary N) is 1. The molecular formula is C13H17FN2O3. The summed E-state index contributed by atoms with van der Waals surface area (Å²) in [6.45, 7) is 0.538. The van der Waals surface area contributed by atoms with Crippen molar-refractivity contribution in [2.75, 3.05) is 32.6 Å². The summed E-state index contributed by atoms with van der Waals surface area (Å²) in [6, 6.07) is 5.67. The van der Waals surface area contributed by atoms with E-state index in [1.54, 1.807) is 18.0 Å². The van der Waals surface area contributed by atoms with Gasteiger partial charge in [0.25, 0.3) is 0 Å². The highest BCUT2D eigenvalue weighted by Gasteiger charge is 2.09. The Morgan fingerprint density at radius 3 is 2.79 bits per heavy atom. The Kier molecular flexibility index (Phi) is 5.95. The van der Waals surface area contributed by atoms with E-state index in [0.29, 0.717) is 12.2 Å². The number of nitrogens with zero attached hydrogens (tertiary/aromatic N) is 1. The smallest absolute Gasteiger partial charge is 0.306 e. The van der Waals surface area contributed by atoms with Gasteiger partial charge in [-0.3, -0.25) is 14.5 Å². The summed E-state index contributed by atoms with van der Waals surface area (Å²) in [5.41, 5.74) is 0.409. The number of anilines is 1. The van der Waals surface area contributed by atoms with Crippen LogP contribution in [0.3, 0.4) is 0 Å². The minimum Gasteiger partial charge on any atom is -0.469 e. The number of carbonyl (C=O) groups is 2.